The van der Waals surface area contributed by atoms with Gasteiger partial charge in [0.25, 0.3) is 0 Å². The molecule has 16 heteroatoms. The van der Waals surface area contributed by atoms with Crippen LogP contribution in [-0.4, -0.2) is 70.6 Å². The lowest BCUT2D eigenvalue weighted by atomic mass is 10.1. The number of carbonyl (C=O) groups is 2. The molecule has 0 bridgehead atoms. The number of halogens is 5. The summed E-state index contributed by atoms with van der Waals surface area (Å²) < 4.78 is 67.0. The zero-order chi connectivity index (χ0) is 26.8. The molecule has 1 saturated heterocycles. The highest BCUT2D eigenvalue weighted by Crippen LogP contribution is 2.41. The molecule has 4 aliphatic rings. The number of piperazine rings is 1. The molecule has 2 amide bonds. The number of aliphatic carboxylic acids is 1. The Balaban J connectivity index is 0.000000405. The molecule has 3 N–H and O–H groups in total. The van der Waals surface area contributed by atoms with Crippen molar-refractivity contribution in [2.24, 2.45) is 0 Å². The van der Waals surface area contributed by atoms with Crippen molar-refractivity contribution in [3.63, 3.8) is 0 Å². The Bertz CT molecular complexity index is 1150. The smallest absolute Gasteiger partial charge is 0.475 e. The minimum atomic E-state index is -5.08. The fraction of sp³-hybridized carbons (Fsp3) is 0.333. The Hall–Kier alpha value is -4.05. The summed E-state index contributed by atoms with van der Waals surface area (Å²) in [6.07, 6.45) is -1.72. The van der Waals surface area contributed by atoms with Gasteiger partial charge in [-0.1, -0.05) is 6.07 Å². The van der Waals surface area contributed by atoms with Crippen molar-refractivity contribution in [3.8, 4) is 11.5 Å². The number of hydroxylamine groups is 3. The SMILES string of the molecule is O=C(NC1=CC=CN2ONC=C12)N1CCN(Cc2ccc3c(c2)OC(F)(F)O3)CC1.O=C(O)C(F)(F)F. The molecule has 37 heavy (non-hydrogen) atoms. The minimum Gasteiger partial charge on any atom is -0.475 e. The van der Waals surface area contributed by atoms with Gasteiger partial charge in [-0.25, -0.2) is 20.1 Å². The highest BCUT2D eigenvalue weighted by atomic mass is 19.4. The second-order valence-corrected chi connectivity index (χ2v) is 7.93. The number of carboxylic acid groups (broad SMARTS) is 1. The van der Waals surface area contributed by atoms with E-state index in [-0.39, 0.29) is 17.5 Å². The van der Waals surface area contributed by atoms with Gasteiger partial charge in [0.1, 0.15) is 5.70 Å². The van der Waals surface area contributed by atoms with Gasteiger partial charge in [0.15, 0.2) is 11.5 Å². The molecule has 4 aliphatic heterocycles. The maximum absolute atomic E-state index is 13.2. The first-order valence-electron chi connectivity index (χ1n) is 10.7. The number of nitrogens with zero attached hydrogens (tertiary/aromatic N) is 3. The van der Waals surface area contributed by atoms with Crippen LogP contribution in [0.1, 0.15) is 5.56 Å². The second-order valence-electron chi connectivity index (χ2n) is 7.93. The zero-order valence-electron chi connectivity index (χ0n) is 18.8. The van der Waals surface area contributed by atoms with Gasteiger partial charge in [0, 0.05) is 38.9 Å². The molecule has 200 valence electrons. The number of urea groups is 1. The summed E-state index contributed by atoms with van der Waals surface area (Å²) in [6, 6.07) is 4.61. The first kappa shape index (κ1) is 26.0. The molecule has 1 aromatic rings. The number of amides is 2. The van der Waals surface area contributed by atoms with Gasteiger partial charge < -0.3 is 24.8 Å². The standard InChI is InChI=1S/C19H19F2N5O4.C2HF3O2/c20-19(21)28-16-4-3-13(10-17(16)29-19)12-24-6-8-25(9-7-24)18(27)23-14-2-1-5-26-15(14)11-22-30-26;3-2(4,5)1(6)7/h1-5,10-11,22H,6-9,12H2,(H,23,27);(H,6,7). The van der Waals surface area contributed by atoms with Crippen LogP contribution in [-0.2, 0) is 16.3 Å². The van der Waals surface area contributed by atoms with Crippen LogP contribution in [0.3, 0.4) is 0 Å². The Labute approximate surface area is 205 Å². The number of carbonyl (C=O) groups excluding carboxylic acids is 1. The fourth-order valence-corrected chi connectivity index (χ4v) is 3.62. The third-order valence-electron chi connectivity index (χ3n) is 5.36. The first-order valence-corrected chi connectivity index (χ1v) is 10.7. The van der Waals surface area contributed by atoms with Gasteiger partial charge in [-0.3, -0.25) is 4.90 Å². The average Bonchev–Trinajstić information content (AvgIpc) is 3.42. The van der Waals surface area contributed by atoms with Gasteiger partial charge in [-0.2, -0.15) is 18.1 Å². The van der Waals surface area contributed by atoms with Gasteiger partial charge in [0.05, 0.1) is 11.9 Å². The largest absolute Gasteiger partial charge is 0.586 e. The predicted octanol–water partition coefficient (Wildman–Crippen LogP) is 2.47. The molecule has 5 rings (SSSR count). The number of hydrogen-bond donors (Lipinski definition) is 3. The molecule has 0 unspecified atom stereocenters. The molecule has 0 aliphatic carbocycles. The molecular weight excluding hydrogens is 513 g/mol. The topological polar surface area (TPSA) is 116 Å². The quantitative estimate of drug-likeness (QED) is 0.504. The van der Waals surface area contributed by atoms with Crippen LogP contribution < -0.4 is 20.3 Å². The van der Waals surface area contributed by atoms with E-state index < -0.39 is 18.4 Å². The van der Waals surface area contributed by atoms with Crippen LogP contribution in [0.25, 0.3) is 0 Å². The molecular formula is C21H20F5N5O6. The normalized spacial score (nSPS) is 19.7. The number of rotatable bonds is 3. The average molecular weight is 533 g/mol. The van der Waals surface area contributed by atoms with Crippen LogP contribution in [0.2, 0.25) is 0 Å². The van der Waals surface area contributed by atoms with Gasteiger partial charge in [-0.15, -0.1) is 8.78 Å². The van der Waals surface area contributed by atoms with E-state index in [4.69, 9.17) is 14.8 Å². The lowest BCUT2D eigenvalue weighted by molar-refractivity contribution is -0.286. The zero-order valence-corrected chi connectivity index (χ0v) is 18.8. The maximum atomic E-state index is 13.2. The van der Waals surface area contributed by atoms with Crippen molar-refractivity contribution in [3.05, 3.63) is 59.7 Å². The Morgan fingerprint density at radius 1 is 1.11 bits per heavy atom. The summed E-state index contributed by atoms with van der Waals surface area (Å²) in [4.78, 5) is 30.6. The summed E-state index contributed by atoms with van der Waals surface area (Å²) in [5.74, 6) is -2.68. The highest BCUT2D eigenvalue weighted by Gasteiger charge is 2.43. The molecule has 1 aromatic carbocycles. The van der Waals surface area contributed by atoms with Crippen molar-refractivity contribution < 1.29 is 51.1 Å². The van der Waals surface area contributed by atoms with E-state index in [1.54, 1.807) is 41.6 Å². The molecule has 1 fully saturated rings. The molecule has 0 radical (unpaired) electrons. The monoisotopic (exact) mass is 533 g/mol. The van der Waals surface area contributed by atoms with Crippen molar-refractivity contribution >= 4 is 12.0 Å². The lowest BCUT2D eigenvalue weighted by Gasteiger charge is -2.35. The molecule has 0 spiro atoms. The number of carboxylic acids is 1. The number of benzene rings is 1. The lowest BCUT2D eigenvalue weighted by Crippen LogP contribution is -2.51. The van der Waals surface area contributed by atoms with Crippen molar-refractivity contribution in [2.45, 2.75) is 19.0 Å². The van der Waals surface area contributed by atoms with Gasteiger partial charge in [0.2, 0.25) is 0 Å². The van der Waals surface area contributed by atoms with Crippen molar-refractivity contribution in [1.29, 1.82) is 0 Å². The summed E-state index contributed by atoms with van der Waals surface area (Å²) >= 11 is 0. The van der Waals surface area contributed by atoms with E-state index in [0.717, 1.165) is 11.3 Å². The molecule has 0 aromatic heterocycles. The van der Waals surface area contributed by atoms with Crippen LogP contribution in [0, 0.1) is 0 Å². The van der Waals surface area contributed by atoms with E-state index in [2.05, 4.69) is 25.2 Å². The third-order valence-corrected chi connectivity index (χ3v) is 5.36. The van der Waals surface area contributed by atoms with E-state index in [0.29, 0.717) is 38.4 Å². The summed E-state index contributed by atoms with van der Waals surface area (Å²) in [5.41, 5.74) is 4.84. The van der Waals surface area contributed by atoms with E-state index in [9.17, 15) is 26.7 Å². The number of nitrogens with one attached hydrogen (secondary N) is 2. The predicted molar refractivity (Wildman–Crippen MR) is 113 cm³/mol. The summed E-state index contributed by atoms with van der Waals surface area (Å²) in [5, 5.41) is 11.6. The summed E-state index contributed by atoms with van der Waals surface area (Å²) in [7, 11) is 0. The van der Waals surface area contributed by atoms with E-state index in [1.165, 1.54) is 11.1 Å². The molecule has 4 heterocycles. The Kier molecular flexibility index (Phi) is 7.13. The van der Waals surface area contributed by atoms with Gasteiger partial charge >= 0.3 is 24.5 Å². The second kappa shape index (κ2) is 10.1. The minimum absolute atomic E-state index is 0.0358. The maximum Gasteiger partial charge on any atom is 0.586 e. The number of hydrogen-bond acceptors (Lipinski definition) is 8. The van der Waals surface area contributed by atoms with Crippen LogP contribution >= 0.6 is 0 Å². The van der Waals surface area contributed by atoms with Crippen LogP contribution in [0.15, 0.2) is 54.1 Å². The number of alkyl halides is 5. The Morgan fingerprint density at radius 3 is 2.46 bits per heavy atom. The Morgan fingerprint density at radius 2 is 1.78 bits per heavy atom. The highest BCUT2D eigenvalue weighted by molar-refractivity contribution is 5.77. The van der Waals surface area contributed by atoms with Crippen molar-refractivity contribution in [2.75, 3.05) is 26.2 Å². The third kappa shape index (κ3) is 6.39. The van der Waals surface area contributed by atoms with E-state index >= 15 is 0 Å². The van der Waals surface area contributed by atoms with Crippen LogP contribution in [0.5, 0.6) is 11.5 Å². The molecule has 11 nitrogen and oxygen atoms in total. The number of ether oxygens (including phenoxy) is 2. The fourth-order valence-electron chi connectivity index (χ4n) is 3.62. The van der Waals surface area contributed by atoms with Gasteiger partial charge in [-0.05, 0) is 29.8 Å². The number of fused-ring (bicyclic) bond motifs is 2. The summed E-state index contributed by atoms with van der Waals surface area (Å²) in [6.45, 7) is 3.00. The van der Waals surface area contributed by atoms with E-state index in [1.807, 2.05) is 0 Å². The first-order chi connectivity index (χ1) is 17.4. The molecule has 0 atom stereocenters. The molecule has 0 saturated carbocycles. The van der Waals surface area contributed by atoms with Crippen molar-refractivity contribution in [1.82, 2.24) is 25.7 Å². The number of allylic oxidation sites excluding steroid dienone is 2. The van der Waals surface area contributed by atoms with Crippen LogP contribution in [0.4, 0.5) is 26.7 Å².